The molecule has 6 heteroatoms. The van der Waals surface area contributed by atoms with Crippen LogP contribution < -0.4 is 10.0 Å². The average Bonchev–Trinajstić information content (AvgIpc) is 2.96. The molecule has 2 aromatic rings. The minimum atomic E-state index is -3.44. The number of hydrogen-bond donors (Lipinski definition) is 2. The van der Waals surface area contributed by atoms with Crippen LogP contribution in [0.15, 0.2) is 40.6 Å². The first kappa shape index (κ1) is 16.2. The number of benzene rings is 1. The van der Waals surface area contributed by atoms with Crippen LogP contribution in [0.25, 0.3) is 0 Å². The van der Waals surface area contributed by atoms with Crippen molar-refractivity contribution in [3.63, 3.8) is 0 Å². The molecule has 0 fully saturated rings. The summed E-state index contributed by atoms with van der Waals surface area (Å²) in [6.07, 6.45) is 0.981. The molecule has 2 rings (SSSR count). The number of nitrogens with one attached hydrogen (secondary N) is 2. The second-order valence-corrected chi connectivity index (χ2v) is 7.54. The maximum absolute atomic E-state index is 12.2. The average molecular weight is 324 g/mol. The van der Waals surface area contributed by atoms with Gasteiger partial charge in [0.05, 0.1) is 4.90 Å². The van der Waals surface area contributed by atoms with Crippen molar-refractivity contribution in [3.05, 3.63) is 51.7 Å². The summed E-state index contributed by atoms with van der Waals surface area (Å²) in [6.45, 7) is 3.08. The third kappa shape index (κ3) is 4.38. The molecule has 1 aromatic heterocycles. The first-order chi connectivity index (χ1) is 10.0. The first-order valence-electron chi connectivity index (χ1n) is 6.84. The highest BCUT2D eigenvalue weighted by molar-refractivity contribution is 7.89. The second kappa shape index (κ2) is 7.17. The Hall–Kier alpha value is -1.21. The van der Waals surface area contributed by atoms with Crippen LogP contribution in [-0.4, -0.2) is 15.5 Å². The summed E-state index contributed by atoms with van der Waals surface area (Å²) in [6, 6.07) is 9.69. The molecule has 21 heavy (non-hydrogen) atoms. The van der Waals surface area contributed by atoms with Gasteiger partial charge >= 0.3 is 0 Å². The van der Waals surface area contributed by atoms with Gasteiger partial charge in [0.25, 0.3) is 0 Å². The number of rotatable bonds is 7. The molecule has 1 heterocycles. The van der Waals surface area contributed by atoms with Gasteiger partial charge in [-0.15, -0.1) is 11.3 Å². The molecule has 1 aromatic carbocycles. The van der Waals surface area contributed by atoms with E-state index in [0.717, 1.165) is 16.9 Å². The predicted octanol–water partition coefficient (Wildman–Crippen LogP) is 2.51. The lowest BCUT2D eigenvalue weighted by atomic mass is 10.1. The molecule has 0 aliphatic rings. The fourth-order valence-corrected chi connectivity index (χ4v) is 4.23. The van der Waals surface area contributed by atoms with E-state index in [0.29, 0.717) is 18.0 Å². The summed E-state index contributed by atoms with van der Waals surface area (Å²) in [5.74, 6) is 0. The zero-order chi connectivity index (χ0) is 15.3. The molecule has 0 aliphatic heterocycles. The molecule has 0 saturated heterocycles. The van der Waals surface area contributed by atoms with Crippen molar-refractivity contribution < 1.29 is 8.42 Å². The van der Waals surface area contributed by atoms with Gasteiger partial charge in [0, 0.05) is 23.3 Å². The van der Waals surface area contributed by atoms with E-state index >= 15 is 0 Å². The van der Waals surface area contributed by atoms with Crippen LogP contribution in [0.3, 0.4) is 0 Å². The van der Waals surface area contributed by atoms with Crippen molar-refractivity contribution in [1.29, 1.82) is 0 Å². The Balaban J connectivity index is 2.02. The third-order valence-corrected chi connectivity index (χ3v) is 5.66. The maximum atomic E-state index is 12.2. The van der Waals surface area contributed by atoms with Crippen LogP contribution in [0.1, 0.15) is 22.9 Å². The molecule has 0 bridgehead atoms. The van der Waals surface area contributed by atoms with Gasteiger partial charge in [-0.05, 0) is 30.7 Å². The van der Waals surface area contributed by atoms with Gasteiger partial charge in [0.15, 0.2) is 0 Å². The van der Waals surface area contributed by atoms with Crippen molar-refractivity contribution in [2.75, 3.05) is 7.05 Å². The molecule has 0 unspecified atom stereocenters. The normalized spacial score (nSPS) is 11.7. The standard InChI is InChI=1S/C15H20N2O2S2/c1-3-12-4-6-13(7-5-12)9-17-21(18,19)15-8-14(10-16-2)20-11-15/h4-8,11,16-17H,3,9-10H2,1-2H3. The highest BCUT2D eigenvalue weighted by atomic mass is 32.2. The largest absolute Gasteiger partial charge is 0.315 e. The minimum Gasteiger partial charge on any atom is -0.315 e. The van der Waals surface area contributed by atoms with Crippen molar-refractivity contribution in [2.45, 2.75) is 31.3 Å². The minimum absolute atomic E-state index is 0.309. The van der Waals surface area contributed by atoms with Gasteiger partial charge in [0.1, 0.15) is 0 Å². The topological polar surface area (TPSA) is 58.2 Å². The zero-order valence-corrected chi connectivity index (χ0v) is 13.9. The molecule has 0 saturated carbocycles. The summed E-state index contributed by atoms with van der Waals surface area (Å²) in [4.78, 5) is 1.34. The number of sulfonamides is 1. The van der Waals surface area contributed by atoms with E-state index in [4.69, 9.17) is 0 Å². The quantitative estimate of drug-likeness (QED) is 0.823. The lowest BCUT2D eigenvalue weighted by Crippen LogP contribution is -2.22. The van der Waals surface area contributed by atoms with E-state index in [1.165, 1.54) is 16.9 Å². The van der Waals surface area contributed by atoms with Gasteiger partial charge in [-0.3, -0.25) is 0 Å². The van der Waals surface area contributed by atoms with E-state index in [-0.39, 0.29) is 0 Å². The Kier molecular flexibility index (Phi) is 5.52. The Labute approximate surface area is 130 Å². The van der Waals surface area contributed by atoms with Gasteiger partial charge < -0.3 is 5.32 Å². The van der Waals surface area contributed by atoms with E-state index < -0.39 is 10.0 Å². The van der Waals surface area contributed by atoms with E-state index in [2.05, 4.69) is 17.0 Å². The monoisotopic (exact) mass is 324 g/mol. The van der Waals surface area contributed by atoms with Crippen LogP contribution in [0.4, 0.5) is 0 Å². The smallest absolute Gasteiger partial charge is 0.241 e. The zero-order valence-electron chi connectivity index (χ0n) is 12.2. The summed E-state index contributed by atoms with van der Waals surface area (Å²) in [5, 5.41) is 4.69. The lowest BCUT2D eigenvalue weighted by Gasteiger charge is -2.06. The molecule has 0 radical (unpaired) electrons. The summed E-state index contributed by atoms with van der Waals surface area (Å²) < 4.78 is 27.1. The Morgan fingerprint density at radius 2 is 1.76 bits per heavy atom. The molecule has 0 atom stereocenters. The summed E-state index contributed by atoms with van der Waals surface area (Å²) in [7, 11) is -1.60. The van der Waals surface area contributed by atoms with Crippen molar-refractivity contribution >= 4 is 21.4 Å². The molecule has 114 valence electrons. The van der Waals surface area contributed by atoms with Crippen LogP contribution in [0, 0.1) is 0 Å². The van der Waals surface area contributed by atoms with Crippen molar-refractivity contribution in [3.8, 4) is 0 Å². The highest BCUT2D eigenvalue weighted by Gasteiger charge is 2.15. The molecule has 0 spiro atoms. The first-order valence-corrected chi connectivity index (χ1v) is 9.21. The lowest BCUT2D eigenvalue weighted by molar-refractivity contribution is 0.581. The Morgan fingerprint density at radius 3 is 2.38 bits per heavy atom. The van der Waals surface area contributed by atoms with Crippen LogP contribution in [0.2, 0.25) is 0 Å². The van der Waals surface area contributed by atoms with E-state index in [1.807, 2.05) is 31.3 Å². The fraction of sp³-hybridized carbons (Fsp3) is 0.333. The molecule has 2 N–H and O–H groups in total. The highest BCUT2D eigenvalue weighted by Crippen LogP contribution is 2.19. The molecular formula is C15H20N2O2S2. The van der Waals surface area contributed by atoms with Crippen molar-refractivity contribution in [2.24, 2.45) is 0 Å². The summed E-state index contributed by atoms with van der Waals surface area (Å²) in [5.41, 5.74) is 2.21. The number of aryl methyl sites for hydroxylation is 1. The van der Waals surface area contributed by atoms with Crippen LogP contribution >= 0.6 is 11.3 Å². The number of thiophene rings is 1. The molecular weight excluding hydrogens is 304 g/mol. The van der Waals surface area contributed by atoms with E-state index in [9.17, 15) is 8.42 Å². The number of hydrogen-bond acceptors (Lipinski definition) is 4. The van der Waals surface area contributed by atoms with Crippen LogP contribution in [0.5, 0.6) is 0 Å². The molecule has 4 nitrogen and oxygen atoms in total. The Bertz CT molecular complexity index is 676. The van der Waals surface area contributed by atoms with Gasteiger partial charge in [0.2, 0.25) is 10.0 Å². The summed E-state index contributed by atoms with van der Waals surface area (Å²) >= 11 is 1.45. The SMILES string of the molecule is CCc1ccc(CNS(=O)(=O)c2csc(CNC)c2)cc1. The van der Waals surface area contributed by atoms with Gasteiger partial charge in [-0.1, -0.05) is 31.2 Å². The predicted molar refractivity (Wildman–Crippen MR) is 86.9 cm³/mol. The van der Waals surface area contributed by atoms with Gasteiger partial charge in [-0.2, -0.15) is 0 Å². The van der Waals surface area contributed by atoms with Crippen LogP contribution in [-0.2, 0) is 29.5 Å². The molecule has 0 aliphatic carbocycles. The molecule has 0 amide bonds. The Morgan fingerprint density at radius 1 is 1.10 bits per heavy atom. The maximum Gasteiger partial charge on any atom is 0.241 e. The van der Waals surface area contributed by atoms with Gasteiger partial charge in [-0.25, -0.2) is 13.1 Å². The van der Waals surface area contributed by atoms with Crippen molar-refractivity contribution in [1.82, 2.24) is 10.0 Å². The van der Waals surface area contributed by atoms with E-state index in [1.54, 1.807) is 11.4 Å². The third-order valence-electron chi connectivity index (χ3n) is 3.19. The second-order valence-electron chi connectivity index (χ2n) is 4.77. The fourth-order valence-electron chi connectivity index (χ4n) is 1.92.